The first-order valence-corrected chi connectivity index (χ1v) is 5.91. The number of hydrogen-bond acceptors (Lipinski definition) is 4. The Labute approximate surface area is 116 Å². The number of aromatic nitrogens is 1. The van der Waals surface area contributed by atoms with E-state index >= 15 is 0 Å². The molecule has 2 unspecified atom stereocenters. The number of pyridine rings is 1. The molecule has 0 spiro atoms. The van der Waals surface area contributed by atoms with Gasteiger partial charge in [-0.1, -0.05) is 11.6 Å². The first-order valence-electron chi connectivity index (χ1n) is 5.53. The summed E-state index contributed by atoms with van der Waals surface area (Å²) >= 11 is 5.65. The van der Waals surface area contributed by atoms with Crippen molar-refractivity contribution in [1.29, 1.82) is 0 Å². The third kappa shape index (κ3) is 2.79. The normalized spacial score (nSPS) is 26.9. The van der Waals surface area contributed by atoms with Crippen LogP contribution in [0.15, 0.2) is 17.1 Å². The first kappa shape index (κ1) is 14.8. The van der Waals surface area contributed by atoms with E-state index < -0.39 is 36.1 Å². The van der Waals surface area contributed by atoms with Gasteiger partial charge in [-0.25, -0.2) is 14.4 Å². The van der Waals surface area contributed by atoms with Crippen LogP contribution in [0.2, 0.25) is 5.15 Å². The number of nitrogens with zero attached hydrogens (tertiary/aromatic N) is 2. The SMILES string of the molecule is CC1(c2nc(Cl)ccc2F)CC(C(F)(F)F)OC(N)=N1. The van der Waals surface area contributed by atoms with Gasteiger partial charge in [-0.15, -0.1) is 0 Å². The van der Waals surface area contributed by atoms with Crippen molar-refractivity contribution in [2.24, 2.45) is 10.7 Å². The lowest BCUT2D eigenvalue weighted by atomic mass is 9.89. The van der Waals surface area contributed by atoms with Crippen LogP contribution in [0.1, 0.15) is 19.0 Å². The van der Waals surface area contributed by atoms with Crippen LogP contribution >= 0.6 is 11.6 Å². The van der Waals surface area contributed by atoms with Crippen molar-refractivity contribution in [2.45, 2.75) is 31.2 Å². The molecule has 1 aliphatic rings. The lowest BCUT2D eigenvalue weighted by Crippen LogP contribution is -2.46. The van der Waals surface area contributed by atoms with E-state index in [-0.39, 0.29) is 10.8 Å². The third-order valence-electron chi connectivity index (χ3n) is 2.89. The molecule has 1 aliphatic heterocycles. The molecule has 0 bridgehead atoms. The Morgan fingerprint density at radius 2 is 2.10 bits per heavy atom. The Morgan fingerprint density at radius 1 is 1.45 bits per heavy atom. The Hall–Kier alpha value is -1.57. The summed E-state index contributed by atoms with van der Waals surface area (Å²) in [6.07, 6.45) is -7.46. The predicted octanol–water partition coefficient (Wildman–Crippen LogP) is 2.76. The van der Waals surface area contributed by atoms with Gasteiger partial charge in [-0.3, -0.25) is 0 Å². The first-order chi connectivity index (χ1) is 9.12. The minimum atomic E-state index is -4.64. The van der Waals surface area contributed by atoms with E-state index in [0.29, 0.717) is 0 Å². The standard InChI is InChI=1S/C11H10ClF4N3O/c1-10(8-5(13)2-3-7(12)18-8)4-6(11(14,15)16)20-9(17)19-10/h2-3,6H,4H2,1H3,(H2,17,19). The molecule has 9 heteroatoms. The molecule has 0 aliphatic carbocycles. The third-order valence-corrected chi connectivity index (χ3v) is 3.10. The molecule has 2 N–H and O–H groups in total. The average Bonchev–Trinajstić information content (AvgIpc) is 2.30. The number of amidine groups is 1. The predicted molar refractivity (Wildman–Crippen MR) is 63.7 cm³/mol. The molecule has 0 aromatic carbocycles. The molecular weight excluding hydrogens is 302 g/mol. The fraction of sp³-hybridized carbons (Fsp3) is 0.455. The number of aliphatic imine (C=N–C) groups is 1. The number of alkyl halides is 3. The van der Waals surface area contributed by atoms with Crippen molar-refractivity contribution < 1.29 is 22.3 Å². The van der Waals surface area contributed by atoms with Crippen LogP contribution < -0.4 is 5.73 Å². The maximum Gasteiger partial charge on any atom is 0.425 e. The molecule has 2 atom stereocenters. The maximum absolute atomic E-state index is 13.8. The molecule has 0 saturated heterocycles. The number of rotatable bonds is 1. The van der Waals surface area contributed by atoms with Crippen LogP contribution in [0.3, 0.4) is 0 Å². The lowest BCUT2D eigenvalue weighted by molar-refractivity contribution is -0.208. The summed E-state index contributed by atoms with van der Waals surface area (Å²) in [4.78, 5) is 7.49. The van der Waals surface area contributed by atoms with Crippen molar-refractivity contribution in [3.63, 3.8) is 0 Å². The molecule has 4 nitrogen and oxygen atoms in total. The summed E-state index contributed by atoms with van der Waals surface area (Å²) in [7, 11) is 0. The van der Waals surface area contributed by atoms with Crippen LogP contribution in [0.5, 0.6) is 0 Å². The molecule has 0 saturated carbocycles. The minimum Gasteiger partial charge on any atom is -0.452 e. The van der Waals surface area contributed by atoms with Gasteiger partial charge in [0.25, 0.3) is 6.02 Å². The molecule has 20 heavy (non-hydrogen) atoms. The van der Waals surface area contributed by atoms with E-state index in [1.165, 1.54) is 13.0 Å². The molecule has 2 heterocycles. The van der Waals surface area contributed by atoms with Crippen molar-refractivity contribution in [1.82, 2.24) is 4.98 Å². The van der Waals surface area contributed by atoms with E-state index in [4.69, 9.17) is 17.3 Å². The van der Waals surface area contributed by atoms with Gasteiger partial charge < -0.3 is 10.5 Å². The van der Waals surface area contributed by atoms with Gasteiger partial charge in [-0.2, -0.15) is 13.2 Å². The zero-order chi connectivity index (χ0) is 15.1. The molecule has 1 aromatic heterocycles. The summed E-state index contributed by atoms with van der Waals surface area (Å²) in [6.45, 7) is 1.29. The summed E-state index contributed by atoms with van der Waals surface area (Å²) < 4.78 is 56.6. The average molecular weight is 312 g/mol. The molecule has 0 amide bonds. The van der Waals surface area contributed by atoms with Crippen LogP contribution in [0.25, 0.3) is 0 Å². The van der Waals surface area contributed by atoms with Crippen molar-refractivity contribution in [3.05, 3.63) is 28.8 Å². The number of halogens is 5. The Balaban J connectivity index is 2.48. The second-order valence-corrected chi connectivity index (χ2v) is 4.93. The molecule has 1 aromatic rings. The summed E-state index contributed by atoms with van der Waals surface area (Å²) in [5.41, 5.74) is 3.37. The molecular formula is C11H10ClF4N3O. The highest BCUT2D eigenvalue weighted by Gasteiger charge is 2.50. The highest BCUT2D eigenvalue weighted by molar-refractivity contribution is 6.29. The minimum absolute atomic E-state index is 0.0496. The molecule has 110 valence electrons. The van der Waals surface area contributed by atoms with Crippen LogP contribution in [-0.2, 0) is 10.3 Å². The van der Waals surface area contributed by atoms with Crippen LogP contribution in [-0.4, -0.2) is 23.3 Å². The van der Waals surface area contributed by atoms with E-state index in [1.807, 2.05) is 0 Å². The summed E-state index contributed by atoms with van der Waals surface area (Å²) in [5.74, 6) is -0.809. The van der Waals surface area contributed by atoms with E-state index in [9.17, 15) is 17.6 Å². The maximum atomic E-state index is 13.8. The zero-order valence-electron chi connectivity index (χ0n) is 10.2. The molecule has 0 fully saturated rings. The smallest absolute Gasteiger partial charge is 0.425 e. The van der Waals surface area contributed by atoms with Gasteiger partial charge in [0.2, 0.25) is 0 Å². The second-order valence-electron chi connectivity index (χ2n) is 4.54. The quantitative estimate of drug-likeness (QED) is 0.641. The van der Waals surface area contributed by atoms with Crippen molar-refractivity contribution in [2.75, 3.05) is 0 Å². The lowest BCUT2D eigenvalue weighted by Gasteiger charge is -2.35. The largest absolute Gasteiger partial charge is 0.452 e. The fourth-order valence-electron chi connectivity index (χ4n) is 1.99. The molecule has 2 rings (SSSR count). The van der Waals surface area contributed by atoms with E-state index in [2.05, 4.69) is 14.7 Å². The Bertz CT molecular complexity index is 563. The summed E-state index contributed by atoms with van der Waals surface area (Å²) in [5, 5.41) is -0.0496. The zero-order valence-corrected chi connectivity index (χ0v) is 11.0. The Morgan fingerprint density at radius 3 is 2.70 bits per heavy atom. The van der Waals surface area contributed by atoms with E-state index in [0.717, 1.165) is 6.07 Å². The van der Waals surface area contributed by atoms with Gasteiger partial charge in [0.1, 0.15) is 22.2 Å². The number of hydrogen-bond donors (Lipinski definition) is 1. The fourth-order valence-corrected chi connectivity index (χ4v) is 2.14. The van der Waals surface area contributed by atoms with Gasteiger partial charge >= 0.3 is 6.18 Å². The van der Waals surface area contributed by atoms with Crippen LogP contribution in [0.4, 0.5) is 17.6 Å². The monoisotopic (exact) mass is 311 g/mol. The van der Waals surface area contributed by atoms with Gasteiger partial charge in [0.15, 0.2) is 6.10 Å². The second kappa shape index (κ2) is 4.76. The van der Waals surface area contributed by atoms with Crippen molar-refractivity contribution >= 4 is 17.6 Å². The van der Waals surface area contributed by atoms with Crippen molar-refractivity contribution in [3.8, 4) is 0 Å². The molecule has 0 radical (unpaired) electrons. The number of nitrogens with two attached hydrogens (primary N) is 1. The van der Waals surface area contributed by atoms with Gasteiger partial charge in [0.05, 0.1) is 0 Å². The van der Waals surface area contributed by atoms with Gasteiger partial charge in [0, 0.05) is 6.42 Å². The summed E-state index contributed by atoms with van der Waals surface area (Å²) in [6, 6.07) is 1.54. The highest BCUT2D eigenvalue weighted by Crippen LogP contribution is 2.40. The Kier molecular flexibility index (Phi) is 3.53. The van der Waals surface area contributed by atoms with Crippen LogP contribution in [0, 0.1) is 5.82 Å². The number of ether oxygens (including phenoxy) is 1. The van der Waals surface area contributed by atoms with E-state index in [1.54, 1.807) is 0 Å². The van der Waals surface area contributed by atoms with Gasteiger partial charge in [-0.05, 0) is 19.1 Å². The topological polar surface area (TPSA) is 60.5 Å². The highest BCUT2D eigenvalue weighted by atomic mass is 35.5.